The minimum Gasteiger partial charge on any atom is -1.00 e. The van der Waals surface area contributed by atoms with Crippen LogP contribution in [0.25, 0.3) is 0 Å². The number of rotatable bonds is 3. The SMILES string of the molecule is CC1=[C-]CC=C1C=CC=CC(Cl)Cl.C[C](C)=[Zr+2].[Cl-]. The van der Waals surface area contributed by atoms with Crippen LogP contribution < -0.4 is 12.4 Å². The van der Waals surface area contributed by atoms with Gasteiger partial charge in [-0.25, -0.2) is 5.57 Å². The van der Waals surface area contributed by atoms with Crippen molar-refractivity contribution >= 4 is 26.4 Å². The molecule has 0 saturated heterocycles. The van der Waals surface area contributed by atoms with E-state index in [1.54, 1.807) is 30.3 Å². The van der Waals surface area contributed by atoms with Crippen LogP contribution >= 0.6 is 23.2 Å². The summed E-state index contributed by atoms with van der Waals surface area (Å²) in [5.41, 5.74) is 2.43. The summed E-state index contributed by atoms with van der Waals surface area (Å²) in [6.07, 6.45) is 13.8. The molecule has 0 radical (unpaired) electrons. The molecule has 1 aliphatic carbocycles. The van der Waals surface area contributed by atoms with Crippen molar-refractivity contribution in [3.05, 3.63) is 47.6 Å². The third-order valence-electron chi connectivity index (χ3n) is 1.77. The van der Waals surface area contributed by atoms with Crippen LogP contribution in [0.1, 0.15) is 27.2 Å². The van der Waals surface area contributed by atoms with Crippen molar-refractivity contribution in [2.45, 2.75) is 32.0 Å². The second-order valence-corrected chi connectivity index (χ2v) is 7.37. The van der Waals surface area contributed by atoms with E-state index in [1.165, 1.54) is 14.4 Å². The zero-order valence-corrected chi connectivity index (χ0v) is 15.5. The molecule has 0 atom stereocenters. The predicted octanol–water partition coefficient (Wildman–Crippen LogP) is 1.73. The van der Waals surface area contributed by atoms with Crippen molar-refractivity contribution in [3.63, 3.8) is 0 Å². The molecule has 0 fully saturated rings. The molecule has 4 heteroatoms. The molecule has 98 valence electrons. The first-order chi connectivity index (χ1) is 7.93. The molecule has 0 spiro atoms. The van der Waals surface area contributed by atoms with Gasteiger partial charge in [0.2, 0.25) is 0 Å². The maximum absolute atomic E-state index is 5.51. The minimum atomic E-state index is -0.426. The van der Waals surface area contributed by atoms with E-state index in [0.717, 1.165) is 6.42 Å². The van der Waals surface area contributed by atoms with E-state index >= 15 is 0 Å². The van der Waals surface area contributed by atoms with E-state index in [-0.39, 0.29) is 12.4 Å². The first kappa shape index (κ1) is 20.9. The standard InChI is InChI=1S/C11H11Cl2.C3H6.ClH.Zr/c1-9-5-4-7-10(9)6-2-3-8-11(12)13;1-3-2;;/h2-3,6-8,11H,4H2,1H3;1-2H3;1H;/q-1;;;+2/p-1. The van der Waals surface area contributed by atoms with Crippen LogP contribution in [0.3, 0.4) is 0 Å². The summed E-state index contributed by atoms with van der Waals surface area (Å²) in [7, 11) is 0. The Morgan fingerprint density at radius 3 is 2.33 bits per heavy atom. The molecular formula is C14H17Cl3Zr. The molecule has 1 rings (SSSR count). The van der Waals surface area contributed by atoms with Crippen LogP contribution in [0, 0.1) is 6.08 Å². The third kappa shape index (κ3) is 13.0. The molecular weight excluding hydrogens is 366 g/mol. The Kier molecular flexibility index (Phi) is 14.6. The average molecular weight is 383 g/mol. The number of halogens is 3. The van der Waals surface area contributed by atoms with Gasteiger partial charge in [0.15, 0.2) is 0 Å². The van der Waals surface area contributed by atoms with E-state index in [1.807, 2.05) is 18.2 Å². The topological polar surface area (TPSA) is 0 Å². The molecule has 0 nitrogen and oxygen atoms in total. The van der Waals surface area contributed by atoms with Gasteiger partial charge in [-0.1, -0.05) is 25.2 Å². The van der Waals surface area contributed by atoms with Gasteiger partial charge >= 0.3 is 41.3 Å². The summed E-state index contributed by atoms with van der Waals surface area (Å²) in [5.74, 6) is 0. The first-order valence-electron chi connectivity index (χ1n) is 5.36. The van der Waals surface area contributed by atoms with Crippen molar-refractivity contribution in [2.75, 3.05) is 0 Å². The van der Waals surface area contributed by atoms with E-state index in [4.69, 9.17) is 23.2 Å². The van der Waals surface area contributed by atoms with Crippen LogP contribution in [0.5, 0.6) is 0 Å². The maximum Gasteiger partial charge on any atom is -1.00 e. The molecule has 0 aromatic rings. The zero-order chi connectivity index (χ0) is 13.3. The van der Waals surface area contributed by atoms with Crippen LogP contribution in [-0.4, -0.2) is 8.04 Å². The summed E-state index contributed by atoms with van der Waals surface area (Å²) in [4.78, 5) is -0.426. The normalized spacial score (nSPS) is 14.2. The zero-order valence-electron chi connectivity index (χ0n) is 10.8. The molecule has 0 aromatic carbocycles. The largest absolute Gasteiger partial charge is 1.00 e. The van der Waals surface area contributed by atoms with Gasteiger partial charge in [0.1, 0.15) is 4.84 Å². The van der Waals surface area contributed by atoms with Gasteiger partial charge in [-0.3, -0.25) is 6.08 Å². The number of hydrogen-bond acceptors (Lipinski definition) is 0. The van der Waals surface area contributed by atoms with Gasteiger partial charge in [-0.05, 0) is 0 Å². The van der Waals surface area contributed by atoms with E-state index in [0.29, 0.717) is 0 Å². The molecule has 0 saturated carbocycles. The van der Waals surface area contributed by atoms with E-state index in [2.05, 4.69) is 32.9 Å². The fourth-order valence-corrected chi connectivity index (χ4v) is 1.24. The van der Waals surface area contributed by atoms with Crippen molar-refractivity contribution < 1.29 is 36.6 Å². The van der Waals surface area contributed by atoms with Crippen molar-refractivity contribution in [2.24, 2.45) is 0 Å². The number of hydrogen-bond donors (Lipinski definition) is 0. The number of allylic oxidation sites excluding steroid dienone is 8. The molecule has 0 aromatic heterocycles. The third-order valence-corrected chi connectivity index (χ3v) is 2.06. The summed E-state index contributed by atoms with van der Waals surface area (Å²) < 4.78 is 1.51. The summed E-state index contributed by atoms with van der Waals surface area (Å²) >= 11 is 12.6. The minimum absolute atomic E-state index is 0. The number of alkyl halides is 2. The Labute approximate surface area is 142 Å². The molecule has 0 amide bonds. The molecule has 0 unspecified atom stereocenters. The quantitative estimate of drug-likeness (QED) is 0.396. The Balaban J connectivity index is 0. The van der Waals surface area contributed by atoms with Crippen LogP contribution in [0.15, 0.2) is 41.5 Å². The monoisotopic (exact) mass is 380 g/mol. The first-order valence-corrected chi connectivity index (χ1v) is 7.46. The summed E-state index contributed by atoms with van der Waals surface area (Å²) in [6.45, 7) is 6.30. The molecule has 0 bridgehead atoms. The van der Waals surface area contributed by atoms with E-state index in [9.17, 15) is 0 Å². The molecule has 18 heavy (non-hydrogen) atoms. The fourth-order valence-electron chi connectivity index (χ4n) is 1.07. The molecule has 0 aliphatic heterocycles. The van der Waals surface area contributed by atoms with Crippen LogP contribution in [0.4, 0.5) is 0 Å². The Morgan fingerprint density at radius 1 is 1.39 bits per heavy atom. The van der Waals surface area contributed by atoms with Crippen molar-refractivity contribution in [1.82, 2.24) is 0 Å². The van der Waals surface area contributed by atoms with E-state index < -0.39 is 4.84 Å². The summed E-state index contributed by atoms with van der Waals surface area (Å²) in [6, 6.07) is 0. The second-order valence-electron chi connectivity index (χ2n) is 3.74. The smallest absolute Gasteiger partial charge is 1.00 e. The van der Waals surface area contributed by atoms with Crippen molar-refractivity contribution in [1.29, 1.82) is 0 Å². The van der Waals surface area contributed by atoms with Gasteiger partial charge in [0.25, 0.3) is 0 Å². The molecule has 1 aliphatic rings. The summed E-state index contributed by atoms with van der Waals surface area (Å²) in [5, 5.41) is 0. The Hall–Kier alpha value is 0.583. The average Bonchev–Trinajstić information content (AvgIpc) is 2.58. The Morgan fingerprint density at radius 2 is 1.94 bits per heavy atom. The van der Waals surface area contributed by atoms with Gasteiger partial charge in [0, 0.05) is 0 Å². The predicted molar refractivity (Wildman–Crippen MR) is 75.3 cm³/mol. The Bertz CT molecular complexity index is 359. The van der Waals surface area contributed by atoms with Gasteiger partial charge in [-0.15, -0.1) is 35.7 Å². The second kappa shape index (κ2) is 12.6. The van der Waals surface area contributed by atoms with Crippen LogP contribution in [0.2, 0.25) is 0 Å². The fraction of sp³-hybridized carbons (Fsp3) is 0.357. The van der Waals surface area contributed by atoms with Crippen LogP contribution in [-0.2, 0) is 24.2 Å². The van der Waals surface area contributed by atoms with Gasteiger partial charge in [0.05, 0.1) is 0 Å². The van der Waals surface area contributed by atoms with Gasteiger partial charge < -0.3 is 12.4 Å². The maximum atomic E-state index is 5.51. The molecule has 0 heterocycles. The van der Waals surface area contributed by atoms with Crippen molar-refractivity contribution in [3.8, 4) is 0 Å². The van der Waals surface area contributed by atoms with Gasteiger partial charge in [-0.2, -0.15) is 11.6 Å². The molecule has 0 N–H and O–H groups in total.